The number of rotatable bonds is 7. The predicted octanol–water partition coefficient (Wildman–Crippen LogP) is 4.44. The van der Waals surface area contributed by atoms with Crippen molar-refractivity contribution in [2.75, 3.05) is 6.54 Å². The van der Waals surface area contributed by atoms with E-state index in [0.717, 1.165) is 22.6 Å². The van der Waals surface area contributed by atoms with Gasteiger partial charge in [-0.15, -0.1) is 11.3 Å². The summed E-state index contributed by atoms with van der Waals surface area (Å²) in [6.45, 7) is 0.730. The van der Waals surface area contributed by atoms with Crippen LogP contribution in [0.2, 0.25) is 0 Å². The summed E-state index contributed by atoms with van der Waals surface area (Å²) in [4.78, 5) is 13.0. The highest BCUT2D eigenvalue weighted by molar-refractivity contribution is 7.71. The molecule has 0 bridgehead atoms. The number of benzene rings is 1. The molecule has 0 spiro atoms. The summed E-state index contributed by atoms with van der Waals surface area (Å²) in [6, 6.07) is 8.78. The van der Waals surface area contributed by atoms with E-state index in [9.17, 15) is 18.0 Å². The largest absolute Gasteiger partial charge is 0.416 e. The molecule has 0 atom stereocenters. The zero-order chi connectivity index (χ0) is 20.1. The second-order valence-corrected chi connectivity index (χ2v) is 7.36. The van der Waals surface area contributed by atoms with Gasteiger partial charge in [0.2, 0.25) is 5.91 Å². The number of hydrogen-bond donors (Lipinski definition) is 2. The van der Waals surface area contributed by atoms with Crippen molar-refractivity contribution in [3.8, 4) is 10.7 Å². The quantitative estimate of drug-likeness (QED) is 0.549. The lowest BCUT2D eigenvalue weighted by Gasteiger charge is -2.09. The third-order valence-electron chi connectivity index (χ3n) is 4.08. The summed E-state index contributed by atoms with van der Waals surface area (Å²) < 4.78 is 39.9. The van der Waals surface area contributed by atoms with E-state index in [-0.39, 0.29) is 12.3 Å². The highest BCUT2D eigenvalue weighted by atomic mass is 32.1. The summed E-state index contributed by atoms with van der Waals surface area (Å²) in [5.74, 6) is 0.532. The average molecular weight is 426 g/mol. The van der Waals surface area contributed by atoms with Crippen molar-refractivity contribution in [2.24, 2.45) is 0 Å². The number of carbonyl (C=O) groups excluding carboxylic acids is 1. The van der Waals surface area contributed by atoms with Crippen LogP contribution >= 0.6 is 23.6 Å². The third-order valence-corrected chi connectivity index (χ3v) is 5.26. The van der Waals surface area contributed by atoms with Crippen LogP contribution in [0, 0.1) is 4.77 Å². The fraction of sp³-hybridized carbons (Fsp3) is 0.278. The van der Waals surface area contributed by atoms with Crippen LogP contribution in [0.5, 0.6) is 0 Å². The first-order valence-electron chi connectivity index (χ1n) is 8.46. The molecule has 0 aliphatic heterocycles. The standard InChI is InChI=1S/C18H17F3N4OS2/c19-18(20,21)13-5-3-12(4-6-13)7-9-22-15(26)8-10-25-16(23-24-17(25)27)14-2-1-11-28-14/h1-6,11H,7-10H2,(H,22,26)(H,24,27). The molecule has 0 unspecified atom stereocenters. The molecule has 0 aliphatic rings. The minimum Gasteiger partial charge on any atom is -0.356 e. The number of amides is 1. The van der Waals surface area contributed by atoms with Gasteiger partial charge in [-0.25, -0.2) is 0 Å². The van der Waals surface area contributed by atoms with Crippen molar-refractivity contribution in [3.63, 3.8) is 0 Å². The number of alkyl halides is 3. The Hall–Kier alpha value is -2.46. The van der Waals surface area contributed by atoms with Crippen molar-refractivity contribution in [1.29, 1.82) is 0 Å². The molecule has 2 heterocycles. The molecular formula is C18H17F3N4OS2. The number of carbonyl (C=O) groups is 1. The number of halogens is 3. The van der Waals surface area contributed by atoms with Crippen LogP contribution in [-0.4, -0.2) is 27.2 Å². The summed E-state index contributed by atoms with van der Waals surface area (Å²) in [7, 11) is 0. The fourth-order valence-corrected chi connectivity index (χ4v) is 3.57. The molecule has 1 aromatic carbocycles. The molecule has 28 heavy (non-hydrogen) atoms. The third kappa shape index (κ3) is 5.08. The van der Waals surface area contributed by atoms with Crippen molar-refractivity contribution in [2.45, 2.75) is 25.6 Å². The highest BCUT2D eigenvalue weighted by Gasteiger charge is 2.29. The molecule has 2 N–H and O–H groups in total. The van der Waals surface area contributed by atoms with Crippen molar-refractivity contribution < 1.29 is 18.0 Å². The minimum absolute atomic E-state index is 0.160. The van der Waals surface area contributed by atoms with Gasteiger partial charge in [0.15, 0.2) is 10.6 Å². The van der Waals surface area contributed by atoms with Gasteiger partial charge in [-0.05, 0) is 47.8 Å². The number of thiophene rings is 1. The van der Waals surface area contributed by atoms with Crippen LogP contribution < -0.4 is 5.32 Å². The average Bonchev–Trinajstić information content (AvgIpc) is 3.29. The molecule has 3 rings (SSSR count). The number of nitrogens with one attached hydrogen (secondary N) is 2. The maximum absolute atomic E-state index is 12.6. The summed E-state index contributed by atoms with van der Waals surface area (Å²) in [5.41, 5.74) is 0.0454. The monoisotopic (exact) mass is 426 g/mol. The van der Waals surface area contributed by atoms with Gasteiger partial charge in [-0.1, -0.05) is 18.2 Å². The molecule has 1 amide bonds. The molecule has 0 aliphatic carbocycles. The molecule has 0 saturated heterocycles. The van der Waals surface area contributed by atoms with E-state index >= 15 is 0 Å². The van der Waals surface area contributed by atoms with Gasteiger partial charge < -0.3 is 5.32 Å². The Morgan fingerprint density at radius 1 is 1.25 bits per heavy atom. The minimum atomic E-state index is -4.34. The topological polar surface area (TPSA) is 62.7 Å². The van der Waals surface area contributed by atoms with E-state index in [4.69, 9.17) is 12.2 Å². The molecule has 0 fully saturated rings. The lowest BCUT2D eigenvalue weighted by molar-refractivity contribution is -0.137. The summed E-state index contributed by atoms with van der Waals surface area (Å²) in [5, 5.41) is 11.7. The van der Waals surface area contributed by atoms with Gasteiger partial charge in [0, 0.05) is 19.5 Å². The van der Waals surface area contributed by atoms with Crippen LogP contribution in [0.15, 0.2) is 41.8 Å². The molecule has 5 nitrogen and oxygen atoms in total. The molecule has 3 aromatic rings. The predicted molar refractivity (Wildman–Crippen MR) is 103 cm³/mol. The van der Waals surface area contributed by atoms with E-state index < -0.39 is 11.7 Å². The van der Waals surface area contributed by atoms with Crippen LogP contribution in [0.1, 0.15) is 17.5 Å². The maximum Gasteiger partial charge on any atom is 0.416 e. The zero-order valence-corrected chi connectivity index (χ0v) is 16.3. The van der Waals surface area contributed by atoms with Gasteiger partial charge in [0.1, 0.15) is 0 Å². The zero-order valence-electron chi connectivity index (χ0n) is 14.6. The van der Waals surface area contributed by atoms with Gasteiger partial charge in [0.25, 0.3) is 0 Å². The van der Waals surface area contributed by atoms with Crippen LogP contribution in [0.25, 0.3) is 10.7 Å². The molecule has 0 radical (unpaired) electrons. The Morgan fingerprint density at radius 2 is 2.00 bits per heavy atom. The first kappa shape index (κ1) is 20.3. The van der Waals surface area contributed by atoms with Gasteiger partial charge in [0.05, 0.1) is 10.4 Å². The number of hydrogen-bond acceptors (Lipinski definition) is 4. The fourth-order valence-electron chi connectivity index (χ4n) is 2.63. The van der Waals surface area contributed by atoms with Gasteiger partial charge >= 0.3 is 6.18 Å². The second-order valence-electron chi connectivity index (χ2n) is 6.03. The van der Waals surface area contributed by atoms with E-state index in [1.165, 1.54) is 23.5 Å². The molecule has 10 heteroatoms. The van der Waals surface area contributed by atoms with Gasteiger partial charge in [-0.3, -0.25) is 14.5 Å². The van der Waals surface area contributed by atoms with Crippen molar-refractivity contribution in [1.82, 2.24) is 20.1 Å². The van der Waals surface area contributed by atoms with Crippen LogP contribution in [-0.2, 0) is 23.9 Å². The first-order valence-corrected chi connectivity index (χ1v) is 9.75. The van der Waals surface area contributed by atoms with E-state index in [1.807, 2.05) is 17.5 Å². The summed E-state index contributed by atoms with van der Waals surface area (Å²) >= 11 is 6.76. The lowest BCUT2D eigenvalue weighted by atomic mass is 10.1. The molecule has 2 aromatic heterocycles. The number of aromatic amines is 1. The second kappa shape index (κ2) is 8.70. The van der Waals surface area contributed by atoms with Gasteiger partial charge in [-0.2, -0.15) is 18.3 Å². The number of H-pyrrole nitrogens is 1. The van der Waals surface area contributed by atoms with Crippen molar-refractivity contribution >= 4 is 29.5 Å². The normalized spacial score (nSPS) is 11.5. The lowest BCUT2D eigenvalue weighted by Crippen LogP contribution is -2.26. The molecule has 148 valence electrons. The van der Waals surface area contributed by atoms with Crippen molar-refractivity contribution in [3.05, 3.63) is 57.7 Å². The van der Waals surface area contributed by atoms with E-state index in [0.29, 0.717) is 30.1 Å². The Kier molecular flexibility index (Phi) is 6.30. The van der Waals surface area contributed by atoms with E-state index in [1.54, 1.807) is 4.57 Å². The maximum atomic E-state index is 12.6. The Labute approximate surface area is 168 Å². The van der Waals surface area contributed by atoms with E-state index in [2.05, 4.69) is 15.5 Å². The Morgan fingerprint density at radius 3 is 2.64 bits per heavy atom. The van der Waals surface area contributed by atoms with Crippen LogP contribution in [0.4, 0.5) is 13.2 Å². The smallest absolute Gasteiger partial charge is 0.356 e. The molecular weight excluding hydrogens is 409 g/mol. The SMILES string of the molecule is O=C(CCn1c(-c2cccs2)n[nH]c1=S)NCCc1ccc(C(F)(F)F)cc1. The Bertz CT molecular complexity index is 976. The first-order chi connectivity index (χ1) is 13.3. The highest BCUT2D eigenvalue weighted by Crippen LogP contribution is 2.29. The summed E-state index contributed by atoms with van der Waals surface area (Å²) in [6.07, 6.45) is -3.67. The molecule has 0 saturated carbocycles. The Balaban J connectivity index is 1.48. The number of aromatic nitrogens is 3. The number of nitrogens with zero attached hydrogens (tertiary/aromatic N) is 2. The van der Waals surface area contributed by atoms with Crippen LogP contribution in [0.3, 0.4) is 0 Å².